The highest BCUT2D eigenvalue weighted by Gasteiger charge is 3.12. The molecule has 6 aliphatic carbocycles. The minimum Gasteiger partial charge on any atom is -0.478 e. The van der Waals surface area contributed by atoms with E-state index in [0.29, 0.717) is 5.01 Å². The van der Waals surface area contributed by atoms with Crippen molar-refractivity contribution in [1.29, 1.82) is 0 Å². The maximum atomic E-state index is 15.0. The summed E-state index contributed by atoms with van der Waals surface area (Å²) < 4.78 is 40.8. The number of esters is 1. The number of amidine groups is 1. The summed E-state index contributed by atoms with van der Waals surface area (Å²) in [6.07, 6.45) is 0.582. The number of carbonyl (C=O) groups excluding carboxylic acids is 2. The highest BCUT2D eigenvalue weighted by molar-refractivity contribution is 7.11. The zero-order valence-corrected chi connectivity index (χ0v) is 26.8. The second-order valence-electron chi connectivity index (χ2n) is 14.9. The van der Waals surface area contributed by atoms with E-state index in [1.807, 2.05) is 20.8 Å². The molecule has 13 heteroatoms. The average Bonchev–Trinajstić information content (AvgIpc) is 3.48. The van der Waals surface area contributed by atoms with Gasteiger partial charge in [0.15, 0.2) is 22.5 Å². The molecule has 1 amide bonds. The first kappa shape index (κ1) is 29.1. The van der Waals surface area contributed by atoms with Crippen molar-refractivity contribution in [3.63, 3.8) is 0 Å². The molecule has 9 nitrogen and oxygen atoms in total. The van der Waals surface area contributed by atoms with E-state index in [9.17, 15) is 23.9 Å². The predicted molar refractivity (Wildman–Crippen MR) is 157 cm³/mol. The second kappa shape index (κ2) is 8.50. The molecule has 1 aromatic heterocycles. The third-order valence-electron chi connectivity index (χ3n) is 10.8. The number of allylic oxidation sites excluding steroid dienone is 1. The van der Waals surface area contributed by atoms with Crippen LogP contribution in [0.25, 0.3) is 0 Å². The lowest BCUT2D eigenvalue weighted by atomic mass is 8.92. The van der Waals surface area contributed by atoms with Crippen molar-refractivity contribution in [2.45, 2.75) is 58.8 Å². The fourth-order valence-electron chi connectivity index (χ4n) is 9.96. The van der Waals surface area contributed by atoms with Gasteiger partial charge in [0.2, 0.25) is 0 Å². The van der Waals surface area contributed by atoms with Crippen molar-refractivity contribution < 1.29 is 37.7 Å². The van der Waals surface area contributed by atoms with E-state index in [2.05, 4.69) is 4.98 Å². The van der Waals surface area contributed by atoms with Crippen molar-refractivity contribution in [3.05, 3.63) is 62.2 Å². The number of carbonyl (C=O) groups is 3. The first-order valence-corrected chi connectivity index (χ1v) is 16.1. The molecule has 45 heavy (non-hydrogen) atoms. The molecule has 0 radical (unpaired) electrons. The molecule has 236 valence electrons. The highest BCUT2D eigenvalue weighted by atomic mass is 35.5. The molecule has 1 atom stereocenters. The van der Waals surface area contributed by atoms with Gasteiger partial charge in [0, 0.05) is 22.6 Å². The highest BCUT2D eigenvalue weighted by Crippen LogP contribution is 3.11. The number of carboxylic acid groups (broad SMARTS) is 1. The Morgan fingerprint density at radius 3 is 2.09 bits per heavy atom. The number of rotatable bonds is 5. The van der Waals surface area contributed by atoms with E-state index < -0.39 is 56.8 Å². The number of halogens is 3. The molecular weight excluding hydrogens is 628 g/mol. The summed E-state index contributed by atoms with van der Waals surface area (Å²) in [6.45, 7) is 10.5. The van der Waals surface area contributed by atoms with Gasteiger partial charge in [-0.15, -0.1) is 11.3 Å². The van der Waals surface area contributed by atoms with Crippen LogP contribution < -0.4 is 0 Å². The van der Waals surface area contributed by atoms with Crippen LogP contribution in [0.4, 0.5) is 13.6 Å². The van der Waals surface area contributed by atoms with E-state index in [1.165, 1.54) is 23.6 Å². The normalized spacial score (nSPS) is 36.4. The molecule has 6 saturated carbocycles. The zero-order valence-electron chi connectivity index (χ0n) is 25.2. The molecule has 2 aromatic rings. The summed E-state index contributed by atoms with van der Waals surface area (Å²) in [5, 5.41) is 12.2. The largest absolute Gasteiger partial charge is 0.478 e. The maximum Gasteiger partial charge on any atom is 0.416 e. The lowest BCUT2D eigenvalue weighted by Gasteiger charge is -3.10. The van der Waals surface area contributed by atoms with Gasteiger partial charge >= 0.3 is 18.0 Å². The van der Waals surface area contributed by atoms with Crippen LogP contribution in [0.15, 0.2) is 40.0 Å². The Balaban J connectivity index is 1.30. The van der Waals surface area contributed by atoms with Gasteiger partial charge in [-0.25, -0.2) is 33.2 Å². The Morgan fingerprint density at radius 2 is 1.58 bits per heavy atom. The Kier molecular flexibility index (Phi) is 5.49. The third kappa shape index (κ3) is 3.15. The van der Waals surface area contributed by atoms with E-state index in [4.69, 9.17) is 26.1 Å². The molecule has 7 aliphatic rings. The standard InChI is InChI=1S/C32H30ClF2N3O6S/c1-29(2,3)43-27(41)32-17-14-18(32)16-19(32)15(17)31(14,16)23-13(26(39)40)22(11-7-8-12(34)21(35)20(11)33)38(28(42)44-30(4,5)6)24(37-23)25-36-9-10-45-25/h7-10,14-19,22H,1-6H3,(H,39,40)/t14?,15?,16?,17?,18?,19?,22-,31?,32?/m1/s1. The van der Waals surface area contributed by atoms with Crippen LogP contribution in [0, 0.1) is 58.0 Å². The van der Waals surface area contributed by atoms with Crippen molar-refractivity contribution in [3.8, 4) is 0 Å². The number of amides is 1. The van der Waals surface area contributed by atoms with Crippen LogP contribution in [-0.4, -0.2) is 50.1 Å². The van der Waals surface area contributed by atoms with E-state index >= 15 is 4.39 Å². The number of ether oxygens (including phenoxy) is 2. The van der Waals surface area contributed by atoms with Gasteiger partial charge in [-0.1, -0.05) is 17.7 Å². The Hall–Kier alpha value is -3.38. The van der Waals surface area contributed by atoms with Gasteiger partial charge in [0.05, 0.1) is 21.7 Å². The first-order valence-electron chi connectivity index (χ1n) is 14.8. The van der Waals surface area contributed by atoms with Crippen LogP contribution in [0.3, 0.4) is 0 Å². The van der Waals surface area contributed by atoms with Crippen LogP contribution >= 0.6 is 22.9 Å². The molecule has 0 saturated heterocycles. The number of aliphatic carboxylic acids is 1. The number of benzene rings is 1. The van der Waals surface area contributed by atoms with Crippen molar-refractivity contribution in [1.82, 2.24) is 9.88 Å². The average molecular weight is 658 g/mol. The van der Waals surface area contributed by atoms with Gasteiger partial charge in [-0.2, -0.15) is 0 Å². The first-order chi connectivity index (χ1) is 21.0. The SMILES string of the molecule is CC(C)(C)OC(=O)N1C(c2nccs2)=NC(C23C4C5C2C2C3C4C52C(=O)OC(C)(C)C)=C(C(=O)O)[C@H]1c1ccc(F)c(F)c1Cl. The van der Waals surface area contributed by atoms with E-state index in [-0.39, 0.29) is 64.1 Å². The molecule has 1 N–H and O–H groups in total. The molecule has 1 aliphatic heterocycles. The van der Waals surface area contributed by atoms with Crippen LogP contribution in [0.1, 0.15) is 58.2 Å². The zero-order chi connectivity index (χ0) is 32.3. The maximum absolute atomic E-state index is 15.0. The van der Waals surface area contributed by atoms with Gasteiger partial charge in [-0.3, -0.25) is 4.79 Å². The molecule has 6 fully saturated rings. The number of nitrogens with zero attached hydrogens (tertiary/aromatic N) is 3. The van der Waals surface area contributed by atoms with Crippen LogP contribution in [0.5, 0.6) is 0 Å². The molecule has 1 aromatic carbocycles. The number of thiazole rings is 1. The van der Waals surface area contributed by atoms with E-state index in [0.717, 1.165) is 11.0 Å². The fraction of sp³-hybridized carbons (Fsp3) is 0.531. The molecule has 0 unspecified atom stereocenters. The number of hydrogen-bond acceptors (Lipinski definition) is 8. The van der Waals surface area contributed by atoms with Crippen molar-refractivity contribution in [2.24, 2.45) is 51.3 Å². The lowest BCUT2D eigenvalue weighted by molar-refractivity contribution is -0.633. The summed E-state index contributed by atoms with van der Waals surface area (Å²) in [4.78, 5) is 51.0. The minimum absolute atomic E-state index is 0.0322. The van der Waals surface area contributed by atoms with Gasteiger partial charge in [0.1, 0.15) is 17.2 Å². The summed E-state index contributed by atoms with van der Waals surface area (Å²) in [5.74, 6) is -3.78. The molecule has 9 rings (SSSR count). The molecule has 0 spiro atoms. The van der Waals surface area contributed by atoms with Gasteiger partial charge in [-0.05, 0) is 83.1 Å². The molecule has 0 bridgehead atoms. The van der Waals surface area contributed by atoms with Crippen molar-refractivity contribution in [2.75, 3.05) is 0 Å². The quantitative estimate of drug-likeness (QED) is 0.299. The number of hydrogen-bond donors (Lipinski definition) is 1. The second-order valence-corrected chi connectivity index (χ2v) is 16.2. The third-order valence-corrected chi connectivity index (χ3v) is 12.0. The predicted octanol–water partition coefficient (Wildman–Crippen LogP) is 6.23. The summed E-state index contributed by atoms with van der Waals surface area (Å²) in [6, 6.07) is 0.532. The van der Waals surface area contributed by atoms with Gasteiger partial charge < -0.3 is 14.6 Å². The van der Waals surface area contributed by atoms with Crippen molar-refractivity contribution >= 4 is 46.8 Å². The van der Waals surface area contributed by atoms with Gasteiger partial charge in [0.25, 0.3) is 0 Å². The molecular formula is C32H30ClF2N3O6S. The van der Waals surface area contributed by atoms with E-state index in [1.54, 1.807) is 26.2 Å². The topological polar surface area (TPSA) is 118 Å². The Morgan fingerprint density at radius 1 is 0.978 bits per heavy atom. The Bertz CT molecular complexity index is 1760. The number of aliphatic imine (C=N–C) groups is 1. The van der Waals surface area contributed by atoms with Crippen LogP contribution in [-0.2, 0) is 19.1 Å². The summed E-state index contributed by atoms with van der Waals surface area (Å²) >= 11 is 7.58. The molecule has 2 heterocycles. The Labute approximate surface area is 266 Å². The smallest absolute Gasteiger partial charge is 0.416 e. The fourth-order valence-corrected chi connectivity index (χ4v) is 10.8. The summed E-state index contributed by atoms with van der Waals surface area (Å²) in [5.41, 5.74) is -2.83. The number of carboxylic acids is 1. The summed E-state index contributed by atoms with van der Waals surface area (Å²) in [7, 11) is 0. The lowest BCUT2D eigenvalue weighted by Crippen LogP contribution is -3.11. The number of aromatic nitrogens is 1. The van der Waals surface area contributed by atoms with Crippen LogP contribution in [0.2, 0.25) is 5.02 Å². The minimum atomic E-state index is -1.51. The monoisotopic (exact) mass is 657 g/mol.